The maximum Gasteiger partial charge on any atom is 0.293 e. The summed E-state index contributed by atoms with van der Waals surface area (Å²) < 4.78 is 45.9. The summed E-state index contributed by atoms with van der Waals surface area (Å²) in [6.07, 6.45) is 2.02. The van der Waals surface area contributed by atoms with Crippen molar-refractivity contribution in [2.75, 3.05) is 16.2 Å². The Labute approximate surface area is 165 Å². The van der Waals surface area contributed by atoms with E-state index in [1.165, 1.54) is 6.26 Å². The van der Waals surface area contributed by atoms with E-state index in [2.05, 4.69) is 4.72 Å². The first-order valence-electron chi connectivity index (χ1n) is 8.31. The third-order valence-corrected chi connectivity index (χ3v) is 6.07. The Morgan fingerprint density at radius 1 is 1.18 bits per heavy atom. The quantitative estimate of drug-likeness (QED) is 0.689. The molecule has 28 heavy (non-hydrogen) atoms. The van der Waals surface area contributed by atoms with E-state index in [4.69, 9.17) is 16.0 Å². The van der Waals surface area contributed by atoms with Crippen molar-refractivity contribution in [1.29, 1.82) is 0 Å². The van der Waals surface area contributed by atoms with Crippen molar-refractivity contribution in [2.24, 2.45) is 0 Å². The fraction of sp³-hybridized carbons (Fsp3) is 0.105. The van der Waals surface area contributed by atoms with Gasteiger partial charge in [0.2, 0.25) is 0 Å². The van der Waals surface area contributed by atoms with E-state index in [1.807, 2.05) is 0 Å². The van der Waals surface area contributed by atoms with E-state index < -0.39 is 15.8 Å². The molecule has 0 radical (unpaired) electrons. The fourth-order valence-electron chi connectivity index (χ4n) is 3.07. The number of amides is 1. The molecular formula is C19H14ClFN2O4S. The summed E-state index contributed by atoms with van der Waals surface area (Å²) >= 11 is 5.68. The molecule has 1 aliphatic rings. The Balaban J connectivity index is 1.58. The Bertz CT molecular complexity index is 1160. The van der Waals surface area contributed by atoms with Gasteiger partial charge in [0.15, 0.2) is 5.76 Å². The molecule has 1 aliphatic heterocycles. The van der Waals surface area contributed by atoms with Crippen molar-refractivity contribution in [3.63, 3.8) is 0 Å². The van der Waals surface area contributed by atoms with E-state index >= 15 is 0 Å². The van der Waals surface area contributed by atoms with Crippen LogP contribution in [-0.2, 0) is 16.4 Å². The van der Waals surface area contributed by atoms with Gasteiger partial charge < -0.3 is 9.32 Å². The standard InChI is InChI=1S/C19H14ClFN2O4S/c20-15-11-14(4-5-16(15)21)28(25,26)22-13-3-6-17-12(10-13)7-8-23(17)19(24)18-2-1-9-27-18/h1-6,9-11,22H,7-8H2. The number of fused-ring (bicyclic) bond motifs is 1. The van der Waals surface area contributed by atoms with E-state index in [9.17, 15) is 17.6 Å². The lowest BCUT2D eigenvalue weighted by molar-refractivity contribution is 0.0963. The minimum absolute atomic E-state index is 0.144. The summed E-state index contributed by atoms with van der Waals surface area (Å²) in [7, 11) is -3.93. The Morgan fingerprint density at radius 3 is 2.71 bits per heavy atom. The molecular weight excluding hydrogens is 407 g/mol. The highest BCUT2D eigenvalue weighted by molar-refractivity contribution is 7.92. The smallest absolute Gasteiger partial charge is 0.293 e. The second kappa shape index (κ2) is 6.96. The SMILES string of the molecule is O=C(c1ccco1)N1CCc2cc(NS(=O)(=O)c3ccc(F)c(Cl)c3)ccc21. The van der Waals surface area contributed by atoms with Crippen LogP contribution in [0.2, 0.25) is 5.02 Å². The predicted octanol–water partition coefficient (Wildman–Crippen LogP) is 4.08. The number of hydrogen-bond acceptors (Lipinski definition) is 4. The molecule has 1 aromatic heterocycles. The molecule has 0 saturated carbocycles. The van der Waals surface area contributed by atoms with Crippen LogP contribution in [0.25, 0.3) is 0 Å². The van der Waals surface area contributed by atoms with Gasteiger partial charge in [-0.05, 0) is 60.5 Å². The van der Waals surface area contributed by atoms with Gasteiger partial charge in [0.25, 0.3) is 15.9 Å². The van der Waals surface area contributed by atoms with Crippen LogP contribution in [0, 0.1) is 5.82 Å². The summed E-state index contributed by atoms with van der Waals surface area (Å²) in [5, 5.41) is -0.274. The number of furan rings is 1. The Hall–Kier alpha value is -2.84. The molecule has 6 nitrogen and oxygen atoms in total. The first-order valence-corrected chi connectivity index (χ1v) is 10.2. The number of benzene rings is 2. The minimum Gasteiger partial charge on any atom is -0.459 e. The molecule has 4 rings (SSSR count). The number of nitrogens with zero attached hydrogens (tertiary/aromatic N) is 1. The van der Waals surface area contributed by atoms with Gasteiger partial charge in [-0.15, -0.1) is 0 Å². The third-order valence-electron chi connectivity index (χ3n) is 4.41. The van der Waals surface area contributed by atoms with Gasteiger partial charge in [0, 0.05) is 17.9 Å². The number of sulfonamides is 1. The molecule has 1 N–H and O–H groups in total. The molecule has 0 aliphatic carbocycles. The van der Waals surface area contributed by atoms with Crippen LogP contribution in [0.5, 0.6) is 0 Å². The maximum atomic E-state index is 13.3. The zero-order chi connectivity index (χ0) is 19.9. The second-order valence-electron chi connectivity index (χ2n) is 6.21. The number of nitrogens with one attached hydrogen (secondary N) is 1. The minimum atomic E-state index is -3.93. The summed E-state index contributed by atoms with van der Waals surface area (Å²) in [6, 6.07) is 11.3. The molecule has 2 aromatic carbocycles. The van der Waals surface area contributed by atoms with Crippen molar-refractivity contribution in [3.05, 3.63) is 77.0 Å². The molecule has 0 saturated heterocycles. The molecule has 0 fully saturated rings. The van der Waals surface area contributed by atoms with E-state index in [0.29, 0.717) is 24.3 Å². The fourth-order valence-corrected chi connectivity index (χ4v) is 4.39. The van der Waals surface area contributed by atoms with Gasteiger partial charge in [-0.3, -0.25) is 9.52 Å². The molecule has 9 heteroatoms. The van der Waals surface area contributed by atoms with Gasteiger partial charge in [0.1, 0.15) is 5.82 Å². The summed E-state index contributed by atoms with van der Waals surface area (Å²) in [6.45, 7) is 0.471. The third kappa shape index (κ3) is 3.36. The number of carbonyl (C=O) groups excluding carboxylic acids is 1. The van der Waals surface area contributed by atoms with Crippen LogP contribution in [0.15, 0.2) is 64.1 Å². The van der Waals surface area contributed by atoms with Crippen LogP contribution in [-0.4, -0.2) is 20.9 Å². The second-order valence-corrected chi connectivity index (χ2v) is 8.30. The van der Waals surface area contributed by atoms with Crippen molar-refractivity contribution in [2.45, 2.75) is 11.3 Å². The molecule has 0 atom stereocenters. The summed E-state index contributed by atoms with van der Waals surface area (Å²) in [5.41, 5.74) is 1.87. The zero-order valence-corrected chi connectivity index (χ0v) is 15.9. The molecule has 144 valence electrons. The summed E-state index contributed by atoms with van der Waals surface area (Å²) in [5.74, 6) is -0.705. The first-order chi connectivity index (χ1) is 13.3. The monoisotopic (exact) mass is 420 g/mol. The van der Waals surface area contributed by atoms with Crippen LogP contribution in [0.1, 0.15) is 16.1 Å². The van der Waals surface area contributed by atoms with Gasteiger partial charge in [-0.1, -0.05) is 11.6 Å². The van der Waals surface area contributed by atoms with E-state index in [0.717, 1.165) is 23.8 Å². The highest BCUT2D eigenvalue weighted by Crippen LogP contribution is 2.32. The van der Waals surface area contributed by atoms with Crippen molar-refractivity contribution in [1.82, 2.24) is 0 Å². The average Bonchev–Trinajstić information content (AvgIpc) is 3.32. The summed E-state index contributed by atoms with van der Waals surface area (Å²) in [4.78, 5) is 14.0. The highest BCUT2D eigenvalue weighted by Gasteiger charge is 2.27. The molecule has 0 unspecified atom stereocenters. The van der Waals surface area contributed by atoms with Crippen LogP contribution in [0.3, 0.4) is 0 Å². The molecule has 2 heterocycles. The Morgan fingerprint density at radius 2 is 2.00 bits per heavy atom. The zero-order valence-electron chi connectivity index (χ0n) is 14.4. The van der Waals surface area contributed by atoms with Crippen molar-refractivity contribution in [3.8, 4) is 0 Å². The van der Waals surface area contributed by atoms with Crippen LogP contribution >= 0.6 is 11.6 Å². The van der Waals surface area contributed by atoms with E-state index in [1.54, 1.807) is 35.2 Å². The van der Waals surface area contributed by atoms with E-state index in [-0.39, 0.29) is 21.6 Å². The predicted molar refractivity (Wildman–Crippen MR) is 103 cm³/mol. The van der Waals surface area contributed by atoms with Gasteiger partial charge >= 0.3 is 0 Å². The van der Waals surface area contributed by atoms with Gasteiger partial charge in [-0.25, -0.2) is 12.8 Å². The van der Waals surface area contributed by atoms with Gasteiger partial charge in [0.05, 0.1) is 16.2 Å². The van der Waals surface area contributed by atoms with Crippen LogP contribution < -0.4 is 9.62 Å². The maximum absolute atomic E-state index is 13.3. The Kier molecular flexibility index (Phi) is 4.60. The first kappa shape index (κ1) is 18.5. The lowest BCUT2D eigenvalue weighted by atomic mass is 10.1. The number of anilines is 2. The van der Waals surface area contributed by atoms with Crippen molar-refractivity contribution >= 4 is 38.9 Å². The lowest BCUT2D eigenvalue weighted by Gasteiger charge is -2.16. The molecule has 1 amide bonds. The lowest BCUT2D eigenvalue weighted by Crippen LogP contribution is -2.28. The molecule has 0 bridgehead atoms. The normalized spacial score (nSPS) is 13.4. The highest BCUT2D eigenvalue weighted by atomic mass is 35.5. The van der Waals surface area contributed by atoms with Crippen LogP contribution in [0.4, 0.5) is 15.8 Å². The number of carbonyl (C=O) groups is 1. The molecule has 3 aromatic rings. The number of halogens is 2. The number of rotatable bonds is 4. The van der Waals surface area contributed by atoms with Crippen molar-refractivity contribution < 1.29 is 22.0 Å². The van der Waals surface area contributed by atoms with Gasteiger partial charge in [-0.2, -0.15) is 0 Å². The molecule has 0 spiro atoms. The largest absolute Gasteiger partial charge is 0.459 e. The average molecular weight is 421 g/mol. The number of hydrogen-bond donors (Lipinski definition) is 1. The topological polar surface area (TPSA) is 79.6 Å².